The molecule has 0 unspecified atom stereocenters. The van der Waals surface area contributed by atoms with E-state index in [1.165, 1.54) is 37.8 Å². The summed E-state index contributed by atoms with van der Waals surface area (Å²) in [5.74, 6) is 0.120. The second kappa shape index (κ2) is 6.37. The van der Waals surface area contributed by atoms with Gasteiger partial charge in [0.1, 0.15) is 0 Å². The van der Waals surface area contributed by atoms with Crippen molar-refractivity contribution < 1.29 is 4.79 Å². The molecule has 98 valence electrons. The monoisotopic (exact) mass is 309 g/mol. The highest BCUT2D eigenvalue weighted by Crippen LogP contribution is 2.29. The van der Waals surface area contributed by atoms with Gasteiger partial charge in [0.25, 0.3) is 0 Å². The van der Waals surface area contributed by atoms with Crippen molar-refractivity contribution in [1.29, 1.82) is 0 Å². The number of rotatable bonds is 2. The van der Waals surface area contributed by atoms with Crippen molar-refractivity contribution in [2.45, 2.75) is 39.0 Å². The number of ketones is 1. The van der Waals surface area contributed by atoms with Gasteiger partial charge in [0, 0.05) is 23.1 Å². The maximum atomic E-state index is 11.4. The summed E-state index contributed by atoms with van der Waals surface area (Å²) in [5.41, 5.74) is 2.00. The molecule has 1 aromatic rings. The fourth-order valence-corrected chi connectivity index (χ4v) is 3.10. The van der Waals surface area contributed by atoms with Crippen molar-refractivity contribution in [3.05, 3.63) is 28.2 Å². The van der Waals surface area contributed by atoms with Crippen LogP contribution in [-0.4, -0.2) is 18.9 Å². The van der Waals surface area contributed by atoms with Gasteiger partial charge in [0.05, 0.1) is 5.69 Å². The van der Waals surface area contributed by atoms with Crippen LogP contribution in [0.3, 0.4) is 0 Å². The van der Waals surface area contributed by atoms with Crippen molar-refractivity contribution in [3.8, 4) is 0 Å². The number of hydrogen-bond donors (Lipinski definition) is 0. The van der Waals surface area contributed by atoms with E-state index in [0.29, 0.717) is 0 Å². The van der Waals surface area contributed by atoms with Gasteiger partial charge in [-0.05, 0) is 53.9 Å². The summed E-state index contributed by atoms with van der Waals surface area (Å²) in [7, 11) is 0. The number of carbonyl (C=O) groups excluding carboxylic acids is 1. The highest BCUT2D eigenvalue weighted by Gasteiger charge is 2.13. The molecular weight excluding hydrogens is 290 g/mol. The first-order chi connectivity index (χ1) is 8.68. The van der Waals surface area contributed by atoms with Crippen molar-refractivity contribution in [2.24, 2.45) is 0 Å². The Morgan fingerprint density at radius 2 is 1.72 bits per heavy atom. The molecule has 0 aromatic heterocycles. The number of halogens is 1. The van der Waals surface area contributed by atoms with E-state index in [4.69, 9.17) is 0 Å². The van der Waals surface area contributed by atoms with E-state index in [-0.39, 0.29) is 5.78 Å². The Morgan fingerprint density at radius 3 is 2.28 bits per heavy atom. The molecule has 1 aromatic carbocycles. The quantitative estimate of drug-likeness (QED) is 0.754. The van der Waals surface area contributed by atoms with Crippen LogP contribution < -0.4 is 4.90 Å². The molecule has 0 bridgehead atoms. The minimum absolute atomic E-state index is 0.120. The Morgan fingerprint density at radius 1 is 1.11 bits per heavy atom. The Hall–Kier alpha value is -0.830. The van der Waals surface area contributed by atoms with E-state index in [2.05, 4.69) is 26.9 Å². The molecule has 1 fully saturated rings. The molecule has 0 atom stereocenters. The van der Waals surface area contributed by atoms with Crippen molar-refractivity contribution in [1.82, 2.24) is 0 Å². The average Bonchev–Trinajstić information content (AvgIpc) is 2.29. The van der Waals surface area contributed by atoms with E-state index in [0.717, 1.165) is 23.1 Å². The van der Waals surface area contributed by atoms with Crippen molar-refractivity contribution in [2.75, 3.05) is 18.0 Å². The third-order valence-electron chi connectivity index (χ3n) is 3.55. The summed E-state index contributed by atoms with van der Waals surface area (Å²) < 4.78 is 1.04. The lowest BCUT2D eigenvalue weighted by Crippen LogP contribution is -2.27. The normalized spacial score (nSPS) is 17.1. The summed E-state index contributed by atoms with van der Waals surface area (Å²) in [6.45, 7) is 3.85. The zero-order valence-electron chi connectivity index (χ0n) is 10.9. The summed E-state index contributed by atoms with van der Waals surface area (Å²) in [5, 5.41) is 0. The van der Waals surface area contributed by atoms with Crippen LogP contribution in [0.25, 0.3) is 0 Å². The average molecular weight is 310 g/mol. The molecule has 2 nitrogen and oxygen atoms in total. The van der Waals surface area contributed by atoms with E-state index in [9.17, 15) is 4.79 Å². The Balaban J connectivity index is 2.18. The lowest BCUT2D eigenvalue weighted by atomic mass is 10.1. The molecule has 2 rings (SSSR count). The highest BCUT2D eigenvalue weighted by atomic mass is 79.9. The van der Waals surface area contributed by atoms with Gasteiger partial charge >= 0.3 is 0 Å². The standard InChI is InChI=1S/C15H20BrNO/c1-12(18)13-7-8-15(14(16)11-13)17-9-5-3-2-4-6-10-17/h7-8,11H,2-6,9-10H2,1H3. The predicted octanol–water partition coefficient (Wildman–Crippen LogP) is 4.42. The topological polar surface area (TPSA) is 20.3 Å². The van der Waals surface area contributed by atoms with E-state index in [1.54, 1.807) is 6.92 Å². The zero-order valence-corrected chi connectivity index (χ0v) is 12.5. The molecule has 0 spiro atoms. The molecule has 1 saturated heterocycles. The molecular formula is C15H20BrNO. The summed E-state index contributed by atoms with van der Waals surface area (Å²) >= 11 is 3.60. The minimum atomic E-state index is 0.120. The van der Waals surface area contributed by atoms with Gasteiger partial charge in [-0.15, -0.1) is 0 Å². The minimum Gasteiger partial charge on any atom is -0.371 e. The highest BCUT2D eigenvalue weighted by molar-refractivity contribution is 9.10. The van der Waals surface area contributed by atoms with Crippen LogP contribution in [0, 0.1) is 0 Å². The van der Waals surface area contributed by atoms with Crippen LogP contribution in [0.5, 0.6) is 0 Å². The van der Waals surface area contributed by atoms with Crippen LogP contribution in [0.2, 0.25) is 0 Å². The van der Waals surface area contributed by atoms with Crippen molar-refractivity contribution in [3.63, 3.8) is 0 Å². The molecule has 0 amide bonds. The van der Waals surface area contributed by atoms with Crippen LogP contribution in [0.1, 0.15) is 49.4 Å². The van der Waals surface area contributed by atoms with Gasteiger partial charge in [0.15, 0.2) is 5.78 Å². The van der Waals surface area contributed by atoms with Gasteiger partial charge < -0.3 is 4.90 Å². The molecule has 1 aliphatic rings. The number of anilines is 1. The SMILES string of the molecule is CC(=O)c1ccc(N2CCCCCCC2)c(Br)c1. The first kappa shape index (κ1) is 13.6. The third-order valence-corrected chi connectivity index (χ3v) is 4.19. The Kier molecular flexibility index (Phi) is 4.81. The maximum absolute atomic E-state index is 11.4. The molecule has 0 radical (unpaired) electrons. The van der Waals surface area contributed by atoms with E-state index >= 15 is 0 Å². The van der Waals surface area contributed by atoms with E-state index < -0.39 is 0 Å². The fourth-order valence-electron chi connectivity index (χ4n) is 2.47. The molecule has 1 aliphatic heterocycles. The smallest absolute Gasteiger partial charge is 0.159 e. The van der Waals surface area contributed by atoms with Gasteiger partial charge in [-0.1, -0.05) is 19.3 Å². The zero-order chi connectivity index (χ0) is 13.0. The second-order valence-electron chi connectivity index (χ2n) is 4.98. The fraction of sp³-hybridized carbons (Fsp3) is 0.533. The lowest BCUT2D eigenvalue weighted by Gasteiger charge is -2.28. The van der Waals surface area contributed by atoms with Gasteiger partial charge in [-0.3, -0.25) is 4.79 Å². The number of carbonyl (C=O) groups is 1. The number of hydrogen-bond acceptors (Lipinski definition) is 2. The van der Waals surface area contributed by atoms with Crippen LogP contribution >= 0.6 is 15.9 Å². The first-order valence-electron chi connectivity index (χ1n) is 6.74. The van der Waals surface area contributed by atoms with Crippen LogP contribution in [0.15, 0.2) is 22.7 Å². The number of nitrogens with zero attached hydrogens (tertiary/aromatic N) is 1. The van der Waals surface area contributed by atoms with Crippen LogP contribution in [0.4, 0.5) is 5.69 Å². The Bertz CT molecular complexity index is 423. The lowest BCUT2D eigenvalue weighted by molar-refractivity contribution is 0.101. The maximum Gasteiger partial charge on any atom is 0.159 e. The summed E-state index contributed by atoms with van der Waals surface area (Å²) in [6.07, 6.45) is 6.57. The largest absolute Gasteiger partial charge is 0.371 e. The molecule has 0 N–H and O–H groups in total. The Labute approximate surface area is 117 Å². The van der Waals surface area contributed by atoms with Gasteiger partial charge in [-0.25, -0.2) is 0 Å². The molecule has 18 heavy (non-hydrogen) atoms. The summed E-state index contributed by atoms with van der Waals surface area (Å²) in [4.78, 5) is 13.8. The summed E-state index contributed by atoms with van der Waals surface area (Å²) in [6, 6.07) is 5.94. The first-order valence-corrected chi connectivity index (χ1v) is 7.53. The van der Waals surface area contributed by atoms with Gasteiger partial charge in [0.2, 0.25) is 0 Å². The van der Waals surface area contributed by atoms with Gasteiger partial charge in [-0.2, -0.15) is 0 Å². The second-order valence-corrected chi connectivity index (χ2v) is 5.83. The number of Topliss-reactive ketones (excluding diaryl/α,β-unsaturated/α-hetero) is 1. The molecule has 3 heteroatoms. The molecule has 1 heterocycles. The van der Waals surface area contributed by atoms with Crippen LogP contribution in [-0.2, 0) is 0 Å². The van der Waals surface area contributed by atoms with Crippen molar-refractivity contribution >= 4 is 27.4 Å². The molecule has 0 aliphatic carbocycles. The third kappa shape index (κ3) is 3.35. The van der Waals surface area contributed by atoms with E-state index in [1.807, 2.05) is 12.1 Å². The molecule has 0 saturated carbocycles. The predicted molar refractivity (Wildman–Crippen MR) is 79.4 cm³/mol. The number of benzene rings is 1.